The molecule has 2 heterocycles. The Morgan fingerprint density at radius 2 is 1.88 bits per heavy atom. The zero-order chi connectivity index (χ0) is 23.5. The van der Waals surface area contributed by atoms with Gasteiger partial charge in [-0.05, 0) is 55.3 Å². The minimum absolute atomic E-state index is 0.126. The highest BCUT2D eigenvalue weighted by molar-refractivity contribution is 6.15. The average molecular weight is 458 g/mol. The van der Waals surface area contributed by atoms with Gasteiger partial charge in [-0.2, -0.15) is 0 Å². The molecule has 5 rings (SSSR count). The number of rotatable bonds is 7. The maximum Gasteiger partial charge on any atom is 0.231 e. The van der Waals surface area contributed by atoms with Crippen molar-refractivity contribution in [3.63, 3.8) is 0 Å². The van der Waals surface area contributed by atoms with E-state index in [-0.39, 0.29) is 5.78 Å². The van der Waals surface area contributed by atoms with E-state index in [0.717, 1.165) is 41.3 Å². The van der Waals surface area contributed by atoms with Gasteiger partial charge in [-0.1, -0.05) is 30.3 Å². The van der Waals surface area contributed by atoms with Crippen molar-refractivity contribution in [2.75, 3.05) is 27.0 Å². The third-order valence-corrected chi connectivity index (χ3v) is 6.06. The summed E-state index contributed by atoms with van der Waals surface area (Å²) < 4.78 is 23.1. The van der Waals surface area contributed by atoms with Crippen LogP contribution in [0.4, 0.5) is 0 Å². The predicted molar refractivity (Wildman–Crippen MR) is 130 cm³/mol. The van der Waals surface area contributed by atoms with Gasteiger partial charge in [-0.15, -0.1) is 0 Å². The van der Waals surface area contributed by atoms with Crippen LogP contribution < -0.4 is 18.9 Å². The first-order chi connectivity index (χ1) is 16.7. The number of ether oxygens (including phenoxy) is 4. The number of Topliss-reactive ketones (excluding diaryl/α,β-unsaturated/α-hetero) is 1. The van der Waals surface area contributed by atoms with E-state index >= 15 is 0 Å². The van der Waals surface area contributed by atoms with Gasteiger partial charge in [-0.25, -0.2) is 0 Å². The van der Waals surface area contributed by atoms with Crippen LogP contribution in [-0.4, -0.2) is 37.7 Å². The van der Waals surface area contributed by atoms with E-state index in [1.165, 1.54) is 5.56 Å². The van der Waals surface area contributed by atoms with Crippen LogP contribution in [-0.2, 0) is 13.0 Å². The first-order valence-electron chi connectivity index (χ1n) is 11.5. The fourth-order valence-corrected chi connectivity index (χ4v) is 4.26. The minimum atomic E-state index is -0.126. The monoisotopic (exact) mass is 457 g/mol. The molecule has 0 aliphatic carbocycles. The van der Waals surface area contributed by atoms with Crippen LogP contribution in [0.2, 0.25) is 0 Å². The Balaban J connectivity index is 1.34. The molecule has 3 aromatic carbocycles. The molecule has 2 aliphatic rings. The van der Waals surface area contributed by atoms with Crippen LogP contribution in [0.5, 0.6) is 23.0 Å². The Morgan fingerprint density at radius 3 is 2.68 bits per heavy atom. The summed E-state index contributed by atoms with van der Waals surface area (Å²) >= 11 is 0. The normalized spacial score (nSPS) is 15.9. The molecule has 0 aromatic heterocycles. The number of methoxy groups -OCH3 is 1. The minimum Gasteiger partial charge on any atom is -0.497 e. The SMILES string of the molecule is CCOc1ccccc1/C=C1\Oc2c(ccc3c2CN(CCc2ccc(OC)cc2)CO3)C1=O. The van der Waals surface area contributed by atoms with Gasteiger partial charge < -0.3 is 18.9 Å². The molecule has 174 valence electrons. The Hall–Kier alpha value is -3.77. The number of allylic oxidation sites excluding steroid dienone is 1. The molecule has 3 aromatic rings. The number of fused-ring (bicyclic) bond motifs is 3. The Kier molecular flexibility index (Phi) is 6.23. The van der Waals surface area contributed by atoms with E-state index in [2.05, 4.69) is 17.0 Å². The van der Waals surface area contributed by atoms with Gasteiger partial charge >= 0.3 is 0 Å². The number of ketones is 1. The van der Waals surface area contributed by atoms with Crippen molar-refractivity contribution in [1.82, 2.24) is 4.90 Å². The lowest BCUT2D eigenvalue weighted by molar-refractivity contribution is 0.0949. The second-order valence-corrected chi connectivity index (χ2v) is 8.25. The zero-order valence-corrected chi connectivity index (χ0v) is 19.4. The van der Waals surface area contributed by atoms with Crippen LogP contribution in [0, 0.1) is 0 Å². The van der Waals surface area contributed by atoms with Gasteiger partial charge in [-0.3, -0.25) is 9.69 Å². The van der Waals surface area contributed by atoms with Gasteiger partial charge in [0.25, 0.3) is 0 Å². The summed E-state index contributed by atoms with van der Waals surface area (Å²) in [5.41, 5.74) is 3.52. The molecule has 6 heteroatoms. The summed E-state index contributed by atoms with van der Waals surface area (Å²) in [6, 6.07) is 19.4. The first kappa shape index (κ1) is 22.0. The number of carbonyl (C=O) groups excluding carboxylic acids is 1. The van der Waals surface area contributed by atoms with E-state index in [1.807, 2.05) is 49.4 Å². The quantitative estimate of drug-likeness (QED) is 0.460. The number of hydrogen-bond donors (Lipinski definition) is 0. The molecule has 0 fully saturated rings. The molecule has 0 N–H and O–H groups in total. The lowest BCUT2D eigenvalue weighted by Crippen LogP contribution is -2.33. The highest BCUT2D eigenvalue weighted by Gasteiger charge is 2.33. The Labute approximate surface area is 199 Å². The summed E-state index contributed by atoms with van der Waals surface area (Å²) in [5.74, 6) is 3.11. The van der Waals surface area contributed by atoms with Crippen molar-refractivity contribution in [3.05, 3.63) is 88.7 Å². The first-order valence-corrected chi connectivity index (χ1v) is 11.5. The number of para-hydroxylation sites is 1. The van der Waals surface area contributed by atoms with Gasteiger partial charge in [0.1, 0.15) is 29.7 Å². The van der Waals surface area contributed by atoms with Crippen molar-refractivity contribution >= 4 is 11.9 Å². The fraction of sp³-hybridized carbons (Fsp3) is 0.250. The molecule has 2 aliphatic heterocycles. The molecule has 0 amide bonds. The number of nitrogens with zero attached hydrogens (tertiary/aromatic N) is 1. The highest BCUT2D eigenvalue weighted by atomic mass is 16.5. The van der Waals surface area contributed by atoms with Crippen molar-refractivity contribution in [2.24, 2.45) is 0 Å². The largest absolute Gasteiger partial charge is 0.497 e. The second-order valence-electron chi connectivity index (χ2n) is 8.25. The summed E-state index contributed by atoms with van der Waals surface area (Å²) in [7, 11) is 1.67. The molecule has 34 heavy (non-hydrogen) atoms. The lowest BCUT2D eigenvalue weighted by atomic mass is 10.0. The van der Waals surface area contributed by atoms with Crippen molar-refractivity contribution in [3.8, 4) is 23.0 Å². The molecule has 6 nitrogen and oxygen atoms in total. The van der Waals surface area contributed by atoms with Crippen LogP contribution in [0.3, 0.4) is 0 Å². The fourth-order valence-electron chi connectivity index (χ4n) is 4.26. The lowest BCUT2D eigenvalue weighted by Gasteiger charge is -2.29. The molecular formula is C28H27NO5. The van der Waals surface area contributed by atoms with E-state index in [0.29, 0.717) is 37.0 Å². The van der Waals surface area contributed by atoms with Gasteiger partial charge in [0, 0.05) is 18.7 Å². The molecule has 0 atom stereocenters. The Bertz CT molecular complexity index is 1230. The molecule has 0 saturated carbocycles. The summed E-state index contributed by atoms with van der Waals surface area (Å²) in [6.07, 6.45) is 2.64. The Morgan fingerprint density at radius 1 is 1.06 bits per heavy atom. The van der Waals surface area contributed by atoms with E-state index in [1.54, 1.807) is 19.3 Å². The van der Waals surface area contributed by atoms with E-state index in [4.69, 9.17) is 18.9 Å². The highest BCUT2D eigenvalue weighted by Crippen LogP contribution is 2.42. The number of hydrogen-bond acceptors (Lipinski definition) is 6. The molecular weight excluding hydrogens is 430 g/mol. The summed E-state index contributed by atoms with van der Waals surface area (Å²) in [5, 5.41) is 0. The topological polar surface area (TPSA) is 57.2 Å². The van der Waals surface area contributed by atoms with E-state index in [9.17, 15) is 4.79 Å². The molecule has 0 bridgehead atoms. The second kappa shape index (κ2) is 9.61. The number of carbonyl (C=O) groups is 1. The third kappa shape index (κ3) is 4.37. The van der Waals surface area contributed by atoms with Crippen molar-refractivity contribution in [1.29, 1.82) is 0 Å². The van der Waals surface area contributed by atoms with Crippen LogP contribution in [0.25, 0.3) is 6.08 Å². The maximum atomic E-state index is 13.1. The average Bonchev–Trinajstić information content (AvgIpc) is 3.20. The maximum absolute atomic E-state index is 13.1. The van der Waals surface area contributed by atoms with Crippen LogP contribution in [0.1, 0.15) is 34.0 Å². The zero-order valence-electron chi connectivity index (χ0n) is 19.4. The smallest absolute Gasteiger partial charge is 0.231 e. The van der Waals surface area contributed by atoms with Gasteiger partial charge in [0.05, 0.1) is 24.8 Å². The summed E-state index contributed by atoms with van der Waals surface area (Å²) in [6.45, 7) is 4.47. The van der Waals surface area contributed by atoms with E-state index < -0.39 is 0 Å². The van der Waals surface area contributed by atoms with Gasteiger partial charge in [0.2, 0.25) is 5.78 Å². The van der Waals surface area contributed by atoms with Crippen LogP contribution >= 0.6 is 0 Å². The summed E-state index contributed by atoms with van der Waals surface area (Å²) in [4.78, 5) is 15.3. The molecule has 0 spiro atoms. The number of benzene rings is 3. The van der Waals surface area contributed by atoms with Gasteiger partial charge in [0.15, 0.2) is 5.76 Å². The molecule has 0 radical (unpaired) electrons. The third-order valence-electron chi connectivity index (χ3n) is 6.06. The standard InChI is InChI=1S/C28H27NO5/c1-3-32-24-7-5-4-6-20(24)16-26-27(30)22-12-13-25-23(28(22)34-26)17-29(18-33-25)15-14-19-8-10-21(31-2)11-9-19/h4-13,16H,3,14-15,17-18H2,1-2H3/b26-16-. The predicted octanol–water partition coefficient (Wildman–Crippen LogP) is 5.10. The van der Waals surface area contributed by atoms with Crippen molar-refractivity contribution < 1.29 is 23.7 Å². The van der Waals surface area contributed by atoms with Crippen molar-refractivity contribution in [2.45, 2.75) is 19.9 Å². The van der Waals surface area contributed by atoms with Crippen LogP contribution in [0.15, 0.2) is 66.4 Å². The molecule has 0 saturated heterocycles. The molecule has 0 unspecified atom stereocenters.